The van der Waals surface area contributed by atoms with Crippen LogP contribution in [0.15, 0.2) is 22.7 Å². The highest BCUT2D eigenvalue weighted by atomic mass is 79.9. The summed E-state index contributed by atoms with van der Waals surface area (Å²) >= 11 is 9.74. The third kappa shape index (κ3) is 3.44. The predicted octanol–water partition coefficient (Wildman–Crippen LogP) is 3.29. The Kier molecular flexibility index (Phi) is 4.86. The summed E-state index contributed by atoms with van der Waals surface area (Å²) in [4.78, 5) is 2.49. The van der Waals surface area contributed by atoms with Gasteiger partial charge in [0.05, 0.1) is 0 Å². The summed E-state index contributed by atoms with van der Waals surface area (Å²) in [5, 5.41) is 4.27. The Bertz CT molecular complexity index is 378. The molecule has 1 fully saturated rings. The zero-order valence-electron chi connectivity index (χ0n) is 10.0. The molecule has 0 bridgehead atoms. The normalized spacial score (nSPS) is 20.1. The molecule has 2 nitrogen and oxygen atoms in total. The van der Waals surface area contributed by atoms with Crippen molar-refractivity contribution in [2.24, 2.45) is 0 Å². The lowest BCUT2D eigenvalue weighted by atomic mass is 10.1. The van der Waals surface area contributed by atoms with E-state index in [0.717, 1.165) is 35.7 Å². The lowest BCUT2D eigenvalue weighted by molar-refractivity contribution is 0.210. The minimum absolute atomic E-state index is 0.648. The van der Waals surface area contributed by atoms with Crippen molar-refractivity contribution < 1.29 is 0 Å². The first-order valence-corrected chi connectivity index (χ1v) is 7.26. The molecule has 1 aromatic carbocycles. The van der Waals surface area contributed by atoms with E-state index >= 15 is 0 Å². The van der Waals surface area contributed by atoms with E-state index in [4.69, 9.17) is 11.6 Å². The van der Waals surface area contributed by atoms with Crippen molar-refractivity contribution in [3.05, 3.63) is 33.3 Å². The predicted molar refractivity (Wildman–Crippen MR) is 76.5 cm³/mol. The Labute approximate surface area is 116 Å². The first-order valence-electron chi connectivity index (χ1n) is 6.09. The highest BCUT2D eigenvalue weighted by Crippen LogP contribution is 2.23. The van der Waals surface area contributed by atoms with E-state index in [-0.39, 0.29) is 0 Å². The quantitative estimate of drug-likeness (QED) is 0.917. The molecule has 0 aliphatic carbocycles. The maximum atomic E-state index is 6.24. The summed E-state index contributed by atoms with van der Waals surface area (Å²) in [5.74, 6) is 0. The van der Waals surface area contributed by atoms with Gasteiger partial charge >= 0.3 is 0 Å². The second kappa shape index (κ2) is 6.19. The number of nitrogens with one attached hydrogen (secondary N) is 1. The number of nitrogens with zero attached hydrogens (tertiary/aromatic N) is 1. The maximum absolute atomic E-state index is 6.24. The lowest BCUT2D eigenvalue weighted by Crippen LogP contribution is -2.36. The van der Waals surface area contributed by atoms with Crippen LogP contribution in [0.5, 0.6) is 0 Å². The molecule has 0 spiro atoms. The second-order valence-electron chi connectivity index (χ2n) is 4.45. The molecule has 1 N–H and O–H groups in total. The van der Waals surface area contributed by atoms with E-state index in [0.29, 0.717) is 6.04 Å². The van der Waals surface area contributed by atoms with Gasteiger partial charge in [-0.25, -0.2) is 0 Å². The average Bonchev–Trinajstić information content (AvgIpc) is 2.84. The highest BCUT2D eigenvalue weighted by Gasteiger charge is 2.21. The van der Waals surface area contributed by atoms with Gasteiger partial charge in [-0.3, -0.25) is 4.90 Å². The van der Waals surface area contributed by atoms with Crippen molar-refractivity contribution in [2.45, 2.75) is 25.9 Å². The van der Waals surface area contributed by atoms with Gasteiger partial charge in [0, 0.05) is 28.6 Å². The molecule has 94 valence electrons. The Hall–Kier alpha value is -0.0900. The summed E-state index contributed by atoms with van der Waals surface area (Å²) < 4.78 is 1.09. The Balaban J connectivity index is 2.09. The number of rotatable bonds is 4. The molecule has 0 saturated carbocycles. The van der Waals surface area contributed by atoms with E-state index in [1.165, 1.54) is 12.0 Å². The summed E-state index contributed by atoms with van der Waals surface area (Å²) in [6.07, 6.45) is 1.24. The van der Waals surface area contributed by atoms with Crippen LogP contribution in [-0.4, -0.2) is 30.6 Å². The van der Waals surface area contributed by atoms with Crippen molar-refractivity contribution in [2.75, 3.05) is 19.6 Å². The zero-order valence-corrected chi connectivity index (χ0v) is 12.4. The first kappa shape index (κ1) is 13.3. The molecule has 0 amide bonds. The Morgan fingerprint density at radius 2 is 2.35 bits per heavy atom. The number of halogens is 2. The first-order chi connectivity index (χ1) is 8.20. The minimum Gasteiger partial charge on any atom is -0.315 e. The largest absolute Gasteiger partial charge is 0.315 e. The zero-order chi connectivity index (χ0) is 12.3. The van der Waals surface area contributed by atoms with Gasteiger partial charge < -0.3 is 5.32 Å². The fourth-order valence-corrected chi connectivity index (χ4v) is 2.92. The summed E-state index contributed by atoms with van der Waals surface area (Å²) in [5.41, 5.74) is 1.20. The molecule has 1 aliphatic heterocycles. The van der Waals surface area contributed by atoms with Gasteiger partial charge in [-0.2, -0.15) is 0 Å². The summed E-state index contributed by atoms with van der Waals surface area (Å²) in [6.45, 7) is 6.44. The minimum atomic E-state index is 0.648. The monoisotopic (exact) mass is 316 g/mol. The lowest BCUT2D eigenvalue weighted by Gasteiger charge is -2.27. The molecule has 0 aromatic heterocycles. The summed E-state index contributed by atoms with van der Waals surface area (Å²) in [7, 11) is 0. The third-order valence-electron chi connectivity index (χ3n) is 3.34. The molecule has 2 rings (SSSR count). The second-order valence-corrected chi connectivity index (χ2v) is 5.77. The van der Waals surface area contributed by atoms with E-state index in [1.807, 2.05) is 12.1 Å². The van der Waals surface area contributed by atoms with Gasteiger partial charge in [0.25, 0.3) is 0 Å². The Morgan fingerprint density at radius 3 is 3.00 bits per heavy atom. The van der Waals surface area contributed by atoms with E-state index < -0.39 is 0 Å². The van der Waals surface area contributed by atoms with E-state index in [1.54, 1.807) is 0 Å². The van der Waals surface area contributed by atoms with Gasteiger partial charge in [-0.1, -0.05) is 34.5 Å². The van der Waals surface area contributed by atoms with Crippen molar-refractivity contribution in [3.8, 4) is 0 Å². The van der Waals surface area contributed by atoms with Crippen molar-refractivity contribution in [1.29, 1.82) is 0 Å². The highest BCUT2D eigenvalue weighted by molar-refractivity contribution is 9.10. The van der Waals surface area contributed by atoms with Crippen molar-refractivity contribution in [1.82, 2.24) is 10.2 Å². The molecule has 1 unspecified atom stereocenters. The van der Waals surface area contributed by atoms with Gasteiger partial charge in [0.1, 0.15) is 0 Å². The van der Waals surface area contributed by atoms with Crippen LogP contribution in [0.4, 0.5) is 0 Å². The number of hydrogen-bond donors (Lipinski definition) is 1. The van der Waals surface area contributed by atoms with Crippen LogP contribution in [0.2, 0.25) is 5.02 Å². The fourth-order valence-electron chi connectivity index (χ4n) is 2.33. The van der Waals surface area contributed by atoms with Gasteiger partial charge in [-0.15, -0.1) is 0 Å². The number of benzene rings is 1. The SMILES string of the molecule is CCN(Cc1cc(Br)ccc1Cl)C1CCNC1. The third-order valence-corrected chi connectivity index (χ3v) is 4.20. The van der Waals surface area contributed by atoms with Gasteiger partial charge in [-0.05, 0) is 43.3 Å². The Morgan fingerprint density at radius 1 is 1.53 bits per heavy atom. The van der Waals surface area contributed by atoms with E-state index in [9.17, 15) is 0 Å². The van der Waals surface area contributed by atoms with Crippen molar-refractivity contribution >= 4 is 27.5 Å². The molecular weight excluding hydrogens is 300 g/mol. The van der Waals surface area contributed by atoms with Crippen molar-refractivity contribution in [3.63, 3.8) is 0 Å². The van der Waals surface area contributed by atoms with Crippen LogP contribution in [0.1, 0.15) is 18.9 Å². The molecular formula is C13H18BrClN2. The summed E-state index contributed by atoms with van der Waals surface area (Å²) in [6, 6.07) is 6.71. The molecule has 0 radical (unpaired) electrons. The van der Waals surface area contributed by atoms with E-state index in [2.05, 4.69) is 39.1 Å². The van der Waals surface area contributed by atoms with Crippen LogP contribution in [0.25, 0.3) is 0 Å². The fraction of sp³-hybridized carbons (Fsp3) is 0.538. The van der Waals surface area contributed by atoms with Gasteiger partial charge in [0.15, 0.2) is 0 Å². The standard InChI is InChI=1S/C13H18BrClN2/c1-2-17(12-5-6-16-8-12)9-10-7-11(14)3-4-13(10)15/h3-4,7,12,16H,2,5-6,8-9H2,1H3. The molecule has 1 saturated heterocycles. The molecule has 1 heterocycles. The topological polar surface area (TPSA) is 15.3 Å². The van der Waals surface area contributed by atoms with Crippen LogP contribution >= 0.6 is 27.5 Å². The molecule has 17 heavy (non-hydrogen) atoms. The molecule has 1 aromatic rings. The van der Waals surface area contributed by atoms with Crippen LogP contribution in [0.3, 0.4) is 0 Å². The number of hydrogen-bond acceptors (Lipinski definition) is 2. The average molecular weight is 318 g/mol. The molecule has 1 atom stereocenters. The van der Waals surface area contributed by atoms with Crippen LogP contribution in [0, 0.1) is 0 Å². The smallest absolute Gasteiger partial charge is 0.0451 e. The molecule has 4 heteroatoms. The van der Waals surface area contributed by atoms with Crippen LogP contribution < -0.4 is 5.32 Å². The maximum Gasteiger partial charge on any atom is 0.0451 e. The van der Waals surface area contributed by atoms with Gasteiger partial charge in [0.2, 0.25) is 0 Å². The number of likely N-dealkylation sites (N-methyl/N-ethyl adjacent to an activating group) is 1. The van der Waals surface area contributed by atoms with Crippen LogP contribution in [-0.2, 0) is 6.54 Å². The molecule has 1 aliphatic rings.